The number of para-hydroxylation sites is 1. The van der Waals surface area contributed by atoms with Gasteiger partial charge in [0.05, 0.1) is 29.8 Å². The van der Waals surface area contributed by atoms with E-state index in [4.69, 9.17) is 0 Å². The Labute approximate surface area is 127 Å². The molecule has 118 valence electrons. The first kappa shape index (κ1) is 14.8. The van der Waals surface area contributed by atoms with Crippen LogP contribution in [0.1, 0.15) is 10.4 Å². The second-order valence-electron chi connectivity index (χ2n) is 4.47. The van der Waals surface area contributed by atoms with E-state index in [2.05, 4.69) is 20.1 Å². The van der Waals surface area contributed by atoms with Crippen molar-refractivity contribution in [3.05, 3.63) is 54.5 Å². The molecule has 0 bridgehead atoms. The Balaban J connectivity index is 1.85. The number of nitrogens with zero attached hydrogens (tertiary/aromatic N) is 3. The van der Waals surface area contributed by atoms with Gasteiger partial charge in [-0.25, -0.2) is 9.50 Å². The number of hydrogen-bond acceptors (Lipinski definition) is 4. The Morgan fingerprint density at radius 1 is 1.22 bits per heavy atom. The number of amides is 1. The van der Waals surface area contributed by atoms with Crippen LogP contribution in [0.15, 0.2) is 48.9 Å². The minimum absolute atomic E-state index is 0.245. The molecule has 1 N–H and O–H groups in total. The zero-order valence-electron chi connectivity index (χ0n) is 11.4. The number of ether oxygens (including phenoxy) is 1. The van der Waals surface area contributed by atoms with E-state index in [1.54, 1.807) is 6.07 Å². The van der Waals surface area contributed by atoms with Crippen molar-refractivity contribution in [3.8, 4) is 5.75 Å². The van der Waals surface area contributed by atoms with Crippen LogP contribution in [0.3, 0.4) is 0 Å². The average molecular weight is 322 g/mol. The van der Waals surface area contributed by atoms with Crippen molar-refractivity contribution in [1.29, 1.82) is 0 Å². The Bertz CT molecular complexity index is 860. The number of halogens is 3. The monoisotopic (exact) mass is 322 g/mol. The zero-order valence-corrected chi connectivity index (χ0v) is 11.4. The molecule has 3 aromatic rings. The van der Waals surface area contributed by atoms with Crippen molar-refractivity contribution < 1.29 is 22.7 Å². The normalized spacial score (nSPS) is 11.4. The lowest BCUT2D eigenvalue weighted by Crippen LogP contribution is -2.21. The summed E-state index contributed by atoms with van der Waals surface area (Å²) in [7, 11) is 0. The standard InChI is InChI=1S/C14H9F3N4O2/c15-14(16,17)23-11-4-2-1-3-10(11)13(22)20-9-7-18-12-5-6-19-21(12)8-9/h1-8H,(H,20,22). The summed E-state index contributed by atoms with van der Waals surface area (Å²) in [6.45, 7) is 0. The number of fused-ring (bicyclic) bond motifs is 1. The van der Waals surface area contributed by atoms with Crippen molar-refractivity contribution >= 4 is 17.2 Å². The molecule has 23 heavy (non-hydrogen) atoms. The molecular formula is C14H9F3N4O2. The molecule has 6 nitrogen and oxygen atoms in total. The van der Waals surface area contributed by atoms with E-state index in [0.29, 0.717) is 5.65 Å². The smallest absolute Gasteiger partial charge is 0.405 e. The van der Waals surface area contributed by atoms with Crippen LogP contribution in [0.25, 0.3) is 5.65 Å². The second-order valence-corrected chi connectivity index (χ2v) is 4.47. The summed E-state index contributed by atoms with van der Waals surface area (Å²) in [6, 6.07) is 6.74. The van der Waals surface area contributed by atoms with Gasteiger partial charge in [0.25, 0.3) is 5.91 Å². The molecule has 0 spiro atoms. The molecule has 0 radical (unpaired) electrons. The lowest BCUT2D eigenvalue weighted by Gasteiger charge is -2.13. The van der Waals surface area contributed by atoms with E-state index in [-0.39, 0.29) is 11.3 Å². The third-order valence-electron chi connectivity index (χ3n) is 2.86. The zero-order chi connectivity index (χ0) is 16.4. The SMILES string of the molecule is O=C(Nc1cnc2ccnn2c1)c1ccccc1OC(F)(F)F. The van der Waals surface area contributed by atoms with E-state index >= 15 is 0 Å². The van der Waals surface area contributed by atoms with Crippen LogP contribution < -0.4 is 10.1 Å². The van der Waals surface area contributed by atoms with Crippen LogP contribution in [0.2, 0.25) is 0 Å². The molecule has 2 aromatic heterocycles. The molecule has 3 rings (SSSR count). The quantitative estimate of drug-likeness (QED) is 0.805. The third-order valence-corrected chi connectivity index (χ3v) is 2.86. The second kappa shape index (κ2) is 5.59. The Morgan fingerprint density at radius 2 is 2.00 bits per heavy atom. The predicted octanol–water partition coefficient (Wildman–Crippen LogP) is 2.88. The number of aromatic nitrogens is 3. The highest BCUT2D eigenvalue weighted by Gasteiger charge is 2.32. The summed E-state index contributed by atoms with van der Waals surface area (Å²) in [5.74, 6) is -1.33. The van der Waals surface area contributed by atoms with Crippen molar-refractivity contribution in [2.45, 2.75) is 6.36 Å². The van der Waals surface area contributed by atoms with Crippen LogP contribution in [0, 0.1) is 0 Å². The highest BCUT2D eigenvalue weighted by molar-refractivity contribution is 6.06. The molecule has 0 fully saturated rings. The van der Waals surface area contributed by atoms with Crippen molar-refractivity contribution in [2.75, 3.05) is 5.32 Å². The van der Waals surface area contributed by atoms with Crippen LogP contribution in [-0.2, 0) is 0 Å². The summed E-state index contributed by atoms with van der Waals surface area (Å²) >= 11 is 0. The fraction of sp³-hybridized carbons (Fsp3) is 0.0714. The topological polar surface area (TPSA) is 68.5 Å². The fourth-order valence-electron chi connectivity index (χ4n) is 1.94. The van der Waals surface area contributed by atoms with Gasteiger partial charge in [-0.2, -0.15) is 5.10 Å². The Kier molecular flexibility index (Phi) is 3.61. The van der Waals surface area contributed by atoms with E-state index in [9.17, 15) is 18.0 Å². The Morgan fingerprint density at radius 3 is 2.78 bits per heavy atom. The van der Waals surface area contributed by atoms with Gasteiger partial charge in [0, 0.05) is 6.07 Å². The summed E-state index contributed by atoms with van der Waals surface area (Å²) in [6.07, 6.45) is -0.484. The summed E-state index contributed by atoms with van der Waals surface area (Å²) in [4.78, 5) is 16.2. The maximum atomic E-state index is 12.4. The van der Waals surface area contributed by atoms with Gasteiger partial charge in [-0.05, 0) is 12.1 Å². The van der Waals surface area contributed by atoms with Crippen LogP contribution in [0.5, 0.6) is 5.75 Å². The first-order chi connectivity index (χ1) is 10.9. The number of rotatable bonds is 3. The first-order valence-corrected chi connectivity index (χ1v) is 6.38. The molecule has 0 saturated heterocycles. The van der Waals surface area contributed by atoms with Gasteiger partial charge in [-0.1, -0.05) is 12.1 Å². The number of carbonyl (C=O) groups is 1. The highest BCUT2D eigenvalue weighted by atomic mass is 19.4. The van der Waals surface area contributed by atoms with E-state index < -0.39 is 18.0 Å². The van der Waals surface area contributed by atoms with Crippen LogP contribution in [-0.4, -0.2) is 26.9 Å². The minimum Gasteiger partial charge on any atom is -0.405 e. The fourth-order valence-corrected chi connectivity index (χ4v) is 1.94. The molecule has 0 unspecified atom stereocenters. The molecule has 0 aliphatic heterocycles. The van der Waals surface area contributed by atoms with Crippen LogP contribution in [0.4, 0.5) is 18.9 Å². The van der Waals surface area contributed by atoms with Gasteiger partial charge in [0.2, 0.25) is 0 Å². The molecule has 2 heterocycles. The maximum absolute atomic E-state index is 12.4. The number of nitrogens with one attached hydrogen (secondary N) is 1. The van der Waals surface area contributed by atoms with Gasteiger partial charge in [-0.3, -0.25) is 4.79 Å². The van der Waals surface area contributed by atoms with Crippen molar-refractivity contribution in [3.63, 3.8) is 0 Å². The number of anilines is 1. The van der Waals surface area contributed by atoms with Gasteiger partial charge in [0.1, 0.15) is 5.75 Å². The summed E-state index contributed by atoms with van der Waals surface area (Å²) in [5.41, 5.74) is 0.613. The van der Waals surface area contributed by atoms with Crippen molar-refractivity contribution in [2.24, 2.45) is 0 Å². The van der Waals surface area contributed by atoms with Gasteiger partial charge in [0.15, 0.2) is 5.65 Å². The van der Waals surface area contributed by atoms with E-state index in [0.717, 1.165) is 6.07 Å². The van der Waals surface area contributed by atoms with Crippen LogP contribution >= 0.6 is 0 Å². The van der Waals surface area contributed by atoms with E-state index in [1.807, 2.05) is 0 Å². The molecule has 9 heteroatoms. The predicted molar refractivity (Wildman–Crippen MR) is 74.1 cm³/mol. The number of hydrogen-bond donors (Lipinski definition) is 1. The van der Waals surface area contributed by atoms with Gasteiger partial charge in [-0.15, -0.1) is 13.2 Å². The number of carbonyl (C=O) groups excluding carboxylic acids is 1. The molecule has 0 aliphatic rings. The van der Waals surface area contributed by atoms with Gasteiger partial charge >= 0.3 is 6.36 Å². The molecule has 1 amide bonds. The summed E-state index contributed by atoms with van der Waals surface area (Å²) in [5, 5.41) is 6.41. The largest absolute Gasteiger partial charge is 0.573 e. The minimum atomic E-state index is -4.88. The molecular weight excluding hydrogens is 313 g/mol. The maximum Gasteiger partial charge on any atom is 0.573 e. The van der Waals surface area contributed by atoms with Gasteiger partial charge < -0.3 is 10.1 Å². The highest BCUT2D eigenvalue weighted by Crippen LogP contribution is 2.26. The molecule has 1 aromatic carbocycles. The third kappa shape index (κ3) is 3.39. The first-order valence-electron chi connectivity index (χ1n) is 6.38. The average Bonchev–Trinajstić information content (AvgIpc) is 2.93. The van der Waals surface area contributed by atoms with Crippen molar-refractivity contribution in [1.82, 2.24) is 14.6 Å². The lowest BCUT2D eigenvalue weighted by molar-refractivity contribution is -0.274. The molecule has 0 aliphatic carbocycles. The lowest BCUT2D eigenvalue weighted by atomic mass is 10.2. The summed E-state index contributed by atoms with van der Waals surface area (Å²) < 4.78 is 42.4. The number of benzene rings is 1. The molecule has 0 saturated carbocycles. The Hall–Kier alpha value is -3.10. The van der Waals surface area contributed by atoms with E-state index in [1.165, 1.54) is 41.3 Å². The number of alkyl halides is 3. The molecule has 0 atom stereocenters.